The molecule has 4 nitrogen and oxygen atoms in total. The van der Waals surface area contributed by atoms with Crippen LogP contribution in [0.2, 0.25) is 0 Å². The number of nitrogen functional groups attached to an aromatic ring is 1. The molecule has 1 aliphatic rings. The first-order valence-corrected chi connectivity index (χ1v) is 8.10. The predicted octanol–water partition coefficient (Wildman–Crippen LogP) is 2.91. The fourth-order valence-electron chi connectivity index (χ4n) is 3.50. The van der Waals surface area contributed by atoms with Gasteiger partial charge in [0, 0.05) is 25.2 Å². The molecule has 0 spiro atoms. The van der Waals surface area contributed by atoms with E-state index in [0.717, 1.165) is 36.5 Å². The third kappa shape index (κ3) is 3.05. The normalized spacial score (nSPS) is 20.2. The van der Waals surface area contributed by atoms with Crippen molar-refractivity contribution >= 4 is 16.7 Å². The summed E-state index contributed by atoms with van der Waals surface area (Å²) >= 11 is 0. The van der Waals surface area contributed by atoms with Crippen LogP contribution in [0, 0.1) is 5.92 Å². The average Bonchev–Trinajstić information content (AvgIpc) is 2.76. The highest BCUT2D eigenvalue weighted by molar-refractivity contribution is 5.79. The molecule has 0 aliphatic carbocycles. The maximum atomic E-state index is 5.90. The van der Waals surface area contributed by atoms with Gasteiger partial charge in [-0.2, -0.15) is 0 Å². The summed E-state index contributed by atoms with van der Waals surface area (Å²) in [6, 6.07) is 6.12. The van der Waals surface area contributed by atoms with Crippen molar-refractivity contribution in [1.82, 2.24) is 14.5 Å². The predicted molar refractivity (Wildman–Crippen MR) is 88.4 cm³/mol. The Balaban J connectivity index is 1.93. The Labute approximate surface area is 126 Å². The lowest BCUT2D eigenvalue weighted by molar-refractivity contribution is 0.194. The van der Waals surface area contributed by atoms with Gasteiger partial charge < -0.3 is 15.2 Å². The molecule has 3 rings (SSSR count). The largest absolute Gasteiger partial charge is 0.399 e. The number of hydrogen-bond acceptors (Lipinski definition) is 3. The fourth-order valence-corrected chi connectivity index (χ4v) is 3.50. The zero-order valence-electron chi connectivity index (χ0n) is 13.2. The Bertz CT molecular complexity index is 617. The van der Waals surface area contributed by atoms with Crippen LogP contribution in [0.4, 0.5) is 5.69 Å². The van der Waals surface area contributed by atoms with Gasteiger partial charge in [-0.1, -0.05) is 6.92 Å². The van der Waals surface area contributed by atoms with Crippen molar-refractivity contribution in [2.75, 3.05) is 25.9 Å². The molecule has 2 heterocycles. The third-order valence-corrected chi connectivity index (χ3v) is 4.49. The van der Waals surface area contributed by atoms with Crippen LogP contribution in [0.25, 0.3) is 11.0 Å². The van der Waals surface area contributed by atoms with Gasteiger partial charge in [-0.25, -0.2) is 4.98 Å². The van der Waals surface area contributed by atoms with Crippen molar-refractivity contribution in [3.05, 3.63) is 24.0 Å². The summed E-state index contributed by atoms with van der Waals surface area (Å²) in [6.45, 7) is 5.73. The third-order valence-electron chi connectivity index (χ3n) is 4.49. The number of likely N-dealkylation sites (tertiary alicyclic amines) is 1. The molecule has 1 fully saturated rings. The zero-order valence-corrected chi connectivity index (χ0v) is 13.2. The van der Waals surface area contributed by atoms with E-state index in [1.807, 2.05) is 12.1 Å². The Morgan fingerprint density at radius 2 is 2.24 bits per heavy atom. The van der Waals surface area contributed by atoms with E-state index in [1.165, 1.54) is 37.3 Å². The van der Waals surface area contributed by atoms with Crippen molar-refractivity contribution in [1.29, 1.82) is 0 Å². The number of hydrogen-bond donors (Lipinski definition) is 1. The molecule has 2 N–H and O–H groups in total. The lowest BCUT2D eigenvalue weighted by Gasteiger charge is -2.30. The molecule has 1 atom stereocenters. The highest BCUT2D eigenvalue weighted by atomic mass is 15.1. The fraction of sp³-hybridized carbons (Fsp3) is 0.588. The maximum absolute atomic E-state index is 5.90. The van der Waals surface area contributed by atoms with Crippen LogP contribution in [-0.2, 0) is 13.0 Å². The van der Waals surface area contributed by atoms with E-state index in [-0.39, 0.29) is 0 Å². The van der Waals surface area contributed by atoms with Gasteiger partial charge in [-0.05, 0) is 57.0 Å². The van der Waals surface area contributed by atoms with Crippen LogP contribution in [0.5, 0.6) is 0 Å². The summed E-state index contributed by atoms with van der Waals surface area (Å²) in [4.78, 5) is 7.27. The van der Waals surface area contributed by atoms with Gasteiger partial charge in [0.25, 0.3) is 0 Å². The molecule has 0 amide bonds. The molecule has 0 saturated carbocycles. The van der Waals surface area contributed by atoms with Gasteiger partial charge in [0.15, 0.2) is 0 Å². The van der Waals surface area contributed by atoms with E-state index >= 15 is 0 Å². The number of nitrogens with two attached hydrogens (primary N) is 1. The number of aryl methyl sites for hydroxylation is 1. The summed E-state index contributed by atoms with van der Waals surface area (Å²) < 4.78 is 2.43. The smallest absolute Gasteiger partial charge is 0.109 e. The molecule has 1 aliphatic heterocycles. The number of benzene rings is 1. The zero-order chi connectivity index (χ0) is 14.8. The summed E-state index contributed by atoms with van der Waals surface area (Å²) in [5.74, 6) is 1.95. The average molecular weight is 286 g/mol. The highest BCUT2D eigenvalue weighted by Crippen LogP contribution is 2.24. The van der Waals surface area contributed by atoms with Crippen molar-refractivity contribution in [3.8, 4) is 0 Å². The van der Waals surface area contributed by atoms with Crippen molar-refractivity contribution in [2.24, 2.45) is 5.92 Å². The summed E-state index contributed by atoms with van der Waals surface area (Å²) in [7, 11) is 2.23. The minimum absolute atomic E-state index is 0.731. The Morgan fingerprint density at radius 3 is 3.00 bits per heavy atom. The monoisotopic (exact) mass is 286 g/mol. The number of fused-ring (bicyclic) bond motifs is 1. The SMILES string of the molecule is CCCc1nc2cc(N)ccc2n1CC1CCCN(C)C1. The number of imidazole rings is 1. The van der Waals surface area contributed by atoms with Crippen molar-refractivity contribution in [2.45, 2.75) is 39.2 Å². The minimum Gasteiger partial charge on any atom is -0.399 e. The maximum Gasteiger partial charge on any atom is 0.109 e. The minimum atomic E-state index is 0.731. The Morgan fingerprint density at radius 1 is 1.38 bits per heavy atom. The molecule has 1 aromatic heterocycles. The van der Waals surface area contributed by atoms with E-state index in [4.69, 9.17) is 10.7 Å². The number of piperidine rings is 1. The topological polar surface area (TPSA) is 47.1 Å². The first-order valence-electron chi connectivity index (χ1n) is 8.10. The molecule has 2 aromatic rings. The van der Waals surface area contributed by atoms with E-state index in [2.05, 4.69) is 29.5 Å². The van der Waals surface area contributed by atoms with Crippen LogP contribution in [0.15, 0.2) is 18.2 Å². The van der Waals surface area contributed by atoms with Gasteiger partial charge in [0.2, 0.25) is 0 Å². The van der Waals surface area contributed by atoms with Gasteiger partial charge in [0.1, 0.15) is 5.82 Å². The van der Waals surface area contributed by atoms with Crippen LogP contribution in [-0.4, -0.2) is 34.6 Å². The molecule has 114 valence electrons. The highest BCUT2D eigenvalue weighted by Gasteiger charge is 2.20. The quantitative estimate of drug-likeness (QED) is 0.879. The molecule has 21 heavy (non-hydrogen) atoms. The standard InChI is InChI=1S/C17H26N4/c1-3-5-17-19-15-10-14(18)7-8-16(15)21(17)12-13-6-4-9-20(2)11-13/h7-8,10,13H,3-6,9,11-12,18H2,1-2H3. The number of anilines is 1. The number of aromatic nitrogens is 2. The summed E-state index contributed by atoms with van der Waals surface area (Å²) in [6.07, 6.45) is 4.80. The molecule has 0 radical (unpaired) electrons. The lowest BCUT2D eigenvalue weighted by atomic mass is 9.98. The van der Waals surface area contributed by atoms with Gasteiger partial charge in [0.05, 0.1) is 11.0 Å². The molecule has 0 bridgehead atoms. The van der Waals surface area contributed by atoms with Crippen LogP contribution in [0.3, 0.4) is 0 Å². The first-order chi connectivity index (χ1) is 10.2. The van der Waals surface area contributed by atoms with E-state index < -0.39 is 0 Å². The molecule has 1 unspecified atom stereocenters. The summed E-state index contributed by atoms with van der Waals surface area (Å²) in [5, 5.41) is 0. The number of rotatable bonds is 4. The van der Waals surface area contributed by atoms with Crippen molar-refractivity contribution < 1.29 is 0 Å². The molecular weight excluding hydrogens is 260 g/mol. The first kappa shape index (κ1) is 14.4. The van der Waals surface area contributed by atoms with Crippen LogP contribution < -0.4 is 5.73 Å². The van der Waals surface area contributed by atoms with Crippen molar-refractivity contribution in [3.63, 3.8) is 0 Å². The lowest BCUT2D eigenvalue weighted by Crippen LogP contribution is -2.34. The molecular formula is C17H26N4. The second-order valence-corrected chi connectivity index (χ2v) is 6.41. The van der Waals surface area contributed by atoms with E-state index in [0.29, 0.717) is 0 Å². The van der Waals surface area contributed by atoms with Gasteiger partial charge >= 0.3 is 0 Å². The number of nitrogens with zero attached hydrogens (tertiary/aromatic N) is 3. The Kier molecular flexibility index (Phi) is 4.15. The Hall–Kier alpha value is -1.55. The van der Waals surface area contributed by atoms with Crippen LogP contribution >= 0.6 is 0 Å². The second kappa shape index (κ2) is 6.06. The van der Waals surface area contributed by atoms with Gasteiger partial charge in [-0.15, -0.1) is 0 Å². The summed E-state index contributed by atoms with van der Waals surface area (Å²) in [5.41, 5.74) is 8.98. The molecule has 4 heteroatoms. The second-order valence-electron chi connectivity index (χ2n) is 6.41. The molecule has 1 saturated heterocycles. The molecule has 1 aromatic carbocycles. The van der Waals surface area contributed by atoms with E-state index in [9.17, 15) is 0 Å². The van der Waals surface area contributed by atoms with Crippen LogP contribution in [0.1, 0.15) is 32.0 Å². The van der Waals surface area contributed by atoms with E-state index in [1.54, 1.807) is 0 Å². The van der Waals surface area contributed by atoms with Gasteiger partial charge in [-0.3, -0.25) is 0 Å².